The van der Waals surface area contributed by atoms with E-state index in [4.69, 9.17) is 21.1 Å². The van der Waals surface area contributed by atoms with Crippen molar-refractivity contribution in [2.75, 3.05) is 20.2 Å². The third-order valence-electron chi connectivity index (χ3n) is 7.42. The predicted octanol–water partition coefficient (Wildman–Crippen LogP) is 7.60. The van der Waals surface area contributed by atoms with Crippen molar-refractivity contribution in [2.45, 2.75) is 58.2 Å². The van der Waals surface area contributed by atoms with Gasteiger partial charge in [0.1, 0.15) is 11.4 Å². The Morgan fingerprint density at radius 2 is 1.66 bits per heavy atom. The number of hydrogen-bond acceptors (Lipinski definition) is 4. The minimum absolute atomic E-state index is 0.0697. The Labute approximate surface area is 247 Å². The second-order valence-corrected chi connectivity index (χ2v) is 12.1. The molecule has 0 saturated heterocycles. The summed E-state index contributed by atoms with van der Waals surface area (Å²) in [6.07, 6.45) is 2.02. The lowest BCUT2D eigenvalue weighted by molar-refractivity contribution is -0.128. The van der Waals surface area contributed by atoms with Gasteiger partial charge in [-0.1, -0.05) is 60.1 Å². The van der Waals surface area contributed by atoms with Gasteiger partial charge >= 0.3 is 6.09 Å². The fourth-order valence-electron chi connectivity index (χ4n) is 5.19. The lowest BCUT2D eigenvalue weighted by Gasteiger charge is -2.34. The number of amides is 2. The summed E-state index contributed by atoms with van der Waals surface area (Å²) in [6.45, 7) is 6.58. The number of methoxy groups -OCH3 is 1. The van der Waals surface area contributed by atoms with Crippen LogP contribution in [0, 0.1) is 0 Å². The summed E-state index contributed by atoms with van der Waals surface area (Å²) in [5.41, 5.74) is 4.99. The van der Waals surface area contributed by atoms with Crippen molar-refractivity contribution in [2.24, 2.45) is 0 Å². The van der Waals surface area contributed by atoms with Crippen molar-refractivity contribution in [3.05, 3.63) is 94.5 Å². The topological polar surface area (TPSA) is 59.1 Å². The molecule has 6 nitrogen and oxygen atoms in total. The van der Waals surface area contributed by atoms with Crippen molar-refractivity contribution in [3.8, 4) is 16.9 Å². The highest BCUT2D eigenvalue weighted by molar-refractivity contribution is 6.31. The average molecular weight is 573 g/mol. The van der Waals surface area contributed by atoms with Gasteiger partial charge in [-0.3, -0.25) is 4.79 Å². The number of halogens is 1. The SMILES string of the molecule is COc1ccc(Cl)c(CN(C(=O)C2=C(c3cccc(-c4ccccc4)c3)CCN(C(=O)OC(C)(C)C)C2)C2CC2)c1. The van der Waals surface area contributed by atoms with Crippen LogP contribution in [0.1, 0.15) is 51.2 Å². The lowest BCUT2D eigenvalue weighted by atomic mass is 9.90. The smallest absolute Gasteiger partial charge is 0.410 e. The summed E-state index contributed by atoms with van der Waals surface area (Å²) in [4.78, 5) is 31.1. The molecule has 3 aromatic rings. The van der Waals surface area contributed by atoms with E-state index in [-0.39, 0.29) is 18.5 Å². The summed E-state index contributed by atoms with van der Waals surface area (Å²) < 4.78 is 11.1. The molecule has 41 heavy (non-hydrogen) atoms. The number of ether oxygens (including phenoxy) is 2. The molecule has 0 N–H and O–H groups in total. The first kappa shape index (κ1) is 28.7. The Hall–Kier alpha value is -3.77. The van der Waals surface area contributed by atoms with Crippen LogP contribution in [-0.4, -0.2) is 53.6 Å². The van der Waals surface area contributed by atoms with Crippen LogP contribution >= 0.6 is 11.6 Å². The van der Waals surface area contributed by atoms with Gasteiger partial charge in [0.05, 0.1) is 13.7 Å². The first-order chi connectivity index (χ1) is 19.6. The van der Waals surface area contributed by atoms with Gasteiger partial charge in [0.15, 0.2) is 0 Å². The number of carbonyl (C=O) groups is 2. The minimum Gasteiger partial charge on any atom is -0.497 e. The van der Waals surface area contributed by atoms with Crippen LogP contribution in [0.2, 0.25) is 5.02 Å². The van der Waals surface area contributed by atoms with Gasteiger partial charge in [-0.15, -0.1) is 0 Å². The molecule has 0 bridgehead atoms. The molecule has 5 rings (SSSR count). The van der Waals surface area contributed by atoms with E-state index >= 15 is 0 Å². The summed E-state index contributed by atoms with van der Waals surface area (Å²) in [5, 5.41) is 0.591. The highest BCUT2D eigenvalue weighted by Crippen LogP contribution is 2.36. The molecule has 1 aliphatic carbocycles. The quantitative estimate of drug-likeness (QED) is 0.292. The molecule has 1 saturated carbocycles. The molecule has 7 heteroatoms. The molecule has 0 spiro atoms. The maximum Gasteiger partial charge on any atom is 0.410 e. The molecule has 2 aliphatic rings. The molecule has 0 atom stereocenters. The van der Waals surface area contributed by atoms with Gasteiger partial charge in [-0.05, 0) is 92.1 Å². The fourth-order valence-corrected chi connectivity index (χ4v) is 5.36. The number of benzene rings is 3. The van der Waals surface area contributed by atoms with E-state index in [0.717, 1.165) is 40.7 Å². The molecule has 3 aromatic carbocycles. The van der Waals surface area contributed by atoms with Gasteiger partial charge in [0, 0.05) is 29.7 Å². The molecular formula is C34H37ClN2O4. The second-order valence-electron chi connectivity index (χ2n) is 11.7. The van der Waals surface area contributed by atoms with Gasteiger partial charge < -0.3 is 19.3 Å². The average Bonchev–Trinajstić information content (AvgIpc) is 3.81. The number of rotatable bonds is 7. The predicted molar refractivity (Wildman–Crippen MR) is 163 cm³/mol. The standard InChI is InChI=1S/C34H37ClN2O4/c1-34(2,3)41-33(39)36-18-17-29(25-12-8-11-24(19-25)23-9-6-5-7-10-23)30(22-36)32(38)37(27-13-14-27)21-26-20-28(40-4)15-16-31(26)35/h5-12,15-16,19-20,27H,13-14,17-18,21-22H2,1-4H3. The maximum atomic E-state index is 14.5. The highest BCUT2D eigenvalue weighted by atomic mass is 35.5. The van der Waals surface area contributed by atoms with Crippen molar-refractivity contribution < 1.29 is 19.1 Å². The molecule has 0 unspecified atom stereocenters. The normalized spacial score (nSPS) is 15.5. The second kappa shape index (κ2) is 12.0. The maximum absolute atomic E-state index is 14.5. The Morgan fingerprint density at radius 3 is 2.34 bits per heavy atom. The van der Waals surface area contributed by atoms with E-state index in [1.165, 1.54) is 0 Å². The van der Waals surface area contributed by atoms with E-state index in [1.54, 1.807) is 18.1 Å². The molecule has 0 aromatic heterocycles. The zero-order valence-corrected chi connectivity index (χ0v) is 24.9. The van der Waals surface area contributed by atoms with E-state index in [1.807, 2.05) is 62.1 Å². The molecule has 1 aliphatic heterocycles. The van der Waals surface area contributed by atoms with Gasteiger partial charge in [-0.25, -0.2) is 4.79 Å². The molecule has 1 heterocycles. The number of nitrogens with zero attached hydrogens (tertiary/aromatic N) is 2. The third kappa shape index (κ3) is 6.94. The van der Waals surface area contributed by atoms with Gasteiger partial charge in [0.2, 0.25) is 0 Å². The van der Waals surface area contributed by atoms with Crippen LogP contribution in [0.3, 0.4) is 0 Å². The summed E-state index contributed by atoms with van der Waals surface area (Å²) in [5.74, 6) is 0.624. The molecular weight excluding hydrogens is 536 g/mol. The molecule has 1 fully saturated rings. The van der Waals surface area contributed by atoms with Crippen LogP contribution in [0.5, 0.6) is 5.75 Å². The van der Waals surface area contributed by atoms with E-state index in [2.05, 4.69) is 30.3 Å². The fraction of sp³-hybridized carbons (Fsp3) is 0.353. The summed E-state index contributed by atoms with van der Waals surface area (Å²) >= 11 is 6.56. The summed E-state index contributed by atoms with van der Waals surface area (Å²) in [6, 6.07) is 24.1. The minimum atomic E-state index is -0.627. The van der Waals surface area contributed by atoms with Crippen molar-refractivity contribution in [1.82, 2.24) is 9.80 Å². The van der Waals surface area contributed by atoms with Gasteiger partial charge in [0.25, 0.3) is 5.91 Å². The van der Waals surface area contributed by atoms with Gasteiger partial charge in [-0.2, -0.15) is 0 Å². The third-order valence-corrected chi connectivity index (χ3v) is 7.78. The van der Waals surface area contributed by atoms with Crippen LogP contribution in [0.4, 0.5) is 4.79 Å². The first-order valence-electron chi connectivity index (χ1n) is 14.1. The van der Waals surface area contributed by atoms with Crippen molar-refractivity contribution in [1.29, 1.82) is 0 Å². The largest absolute Gasteiger partial charge is 0.497 e. The Morgan fingerprint density at radius 1 is 0.951 bits per heavy atom. The zero-order chi connectivity index (χ0) is 29.1. The first-order valence-corrected chi connectivity index (χ1v) is 14.5. The van der Waals surface area contributed by atoms with Crippen LogP contribution < -0.4 is 4.74 Å². The van der Waals surface area contributed by atoms with E-state index in [0.29, 0.717) is 35.9 Å². The lowest BCUT2D eigenvalue weighted by Crippen LogP contribution is -2.44. The van der Waals surface area contributed by atoms with E-state index in [9.17, 15) is 9.59 Å². The molecule has 214 valence electrons. The number of hydrogen-bond donors (Lipinski definition) is 0. The van der Waals surface area contributed by atoms with Crippen molar-refractivity contribution in [3.63, 3.8) is 0 Å². The van der Waals surface area contributed by atoms with E-state index < -0.39 is 11.7 Å². The number of carbonyl (C=O) groups excluding carboxylic acids is 2. The Balaban J connectivity index is 1.53. The van der Waals surface area contributed by atoms with Crippen LogP contribution in [0.25, 0.3) is 16.7 Å². The van der Waals surface area contributed by atoms with Crippen molar-refractivity contribution >= 4 is 29.2 Å². The molecule has 2 amide bonds. The Bertz CT molecular complexity index is 1460. The monoisotopic (exact) mass is 572 g/mol. The summed E-state index contributed by atoms with van der Waals surface area (Å²) in [7, 11) is 1.62. The highest BCUT2D eigenvalue weighted by Gasteiger charge is 2.38. The van der Waals surface area contributed by atoms with Crippen LogP contribution in [-0.2, 0) is 16.1 Å². The Kier molecular flexibility index (Phi) is 8.41. The zero-order valence-electron chi connectivity index (χ0n) is 24.2. The van der Waals surface area contributed by atoms with Crippen LogP contribution in [0.15, 0.2) is 78.4 Å². The molecule has 0 radical (unpaired) electrons.